The topological polar surface area (TPSA) is 73.2 Å². The Morgan fingerprint density at radius 2 is 1.83 bits per heavy atom. The summed E-state index contributed by atoms with van der Waals surface area (Å²) in [6.45, 7) is 5.81. The largest absolute Gasteiger partial charge is 0.487 e. The van der Waals surface area contributed by atoms with Crippen LogP contribution in [0.15, 0.2) is 59.5 Å². The van der Waals surface area contributed by atoms with Crippen molar-refractivity contribution in [3.05, 3.63) is 82.0 Å². The van der Waals surface area contributed by atoms with Crippen LogP contribution < -0.4 is 9.46 Å². The lowest BCUT2D eigenvalue weighted by Crippen LogP contribution is -2.30. The minimum atomic E-state index is -3.67. The van der Waals surface area contributed by atoms with Crippen LogP contribution in [0.1, 0.15) is 35.5 Å². The molecule has 1 N–H and O–H groups in total. The summed E-state index contributed by atoms with van der Waals surface area (Å²) in [6.07, 6.45) is 1.67. The van der Waals surface area contributed by atoms with Gasteiger partial charge in [0, 0.05) is 17.3 Å². The minimum absolute atomic E-state index is 0.0237. The summed E-state index contributed by atoms with van der Waals surface area (Å²) in [5.74, 6) is 0.694. The van der Waals surface area contributed by atoms with Crippen molar-refractivity contribution in [1.82, 2.24) is 14.5 Å². The smallest absolute Gasteiger partial charge is 0.240 e. The van der Waals surface area contributed by atoms with Gasteiger partial charge >= 0.3 is 0 Å². The number of nitrogens with one attached hydrogen (secondary N) is 1. The fraction of sp³-hybridized carbons (Fsp3) is 0.227. The summed E-state index contributed by atoms with van der Waals surface area (Å²) < 4.78 is 35.9. The Hall–Kier alpha value is -2.90. The zero-order valence-corrected chi connectivity index (χ0v) is 17.4. The van der Waals surface area contributed by atoms with Gasteiger partial charge in [0.25, 0.3) is 0 Å². The van der Waals surface area contributed by atoms with E-state index in [0.29, 0.717) is 5.75 Å². The molecule has 1 atom stereocenters. The highest BCUT2D eigenvalue weighted by atomic mass is 32.2. The normalized spacial score (nSPS) is 14.7. The molecule has 0 bridgehead atoms. The Balaban J connectivity index is 1.52. The average Bonchev–Trinajstić information content (AvgIpc) is 3.05. The van der Waals surface area contributed by atoms with E-state index in [9.17, 15) is 8.42 Å². The Morgan fingerprint density at radius 3 is 2.52 bits per heavy atom. The summed E-state index contributed by atoms with van der Waals surface area (Å²) in [5, 5.41) is 4.48. The van der Waals surface area contributed by atoms with Crippen LogP contribution >= 0.6 is 0 Å². The van der Waals surface area contributed by atoms with Gasteiger partial charge < -0.3 is 4.74 Å². The fourth-order valence-electron chi connectivity index (χ4n) is 3.42. The Kier molecular flexibility index (Phi) is 5.02. The summed E-state index contributed by atoms with van der Waals surface area (Å²) in [5.41, 5.74) is 4.58. The molecule has 2 heterocycles. The van der Waals surface area contributed by atoms with Gasteiger partial charge in [0.2, 0.25) is 10.0 Å². The number of sulfonamides is 1. The summed E-state index contributed by atoms with van der Waals surface area (Å²) >= 11 is 0. The molecule has 1 unspecified atom stereocenters. The van der Waals surface area contributed by atoms with E-state index < -0.39 is 10.0 Å². The molecule has 7 heteroatoms. The van der Waals surface area contributed by atoms with Gasteiger partial charge in [-0.2, -0.15) is 5.10 Å². The summed E-state index contributed by atoms with van der Waals surface area (Å²) in [6, 6.07) is 16.7. The number of ether oxygens (including phenoxy) is 1. The van der Waals surface area contributed by atoms with Crippen LogP contribution in [0.25, 0.3) is 11.8 Å². The van der Waals surface area contributed by atoms with Gasteiger partial charge in [-0.25, -0.2) is 17.8 Å². The third-order valence-corrected chi connectivity index (χ3v) is 6.52. The molecule has 6 nitrogen and oxygen atoms in total. The van der Waals surface area contributed by atoms with E-state index in [-0.39, 0.29) is 17.6 Å². The van der Waals surface area contributed by atoms with Gasteiger partial charge in [0.15, 0.2) is 0 Å². The number of rotatable bonds is 5. The van der Waals surface area contributed by atoms with Crippen LogP contribution in [0.2, 0.25) is 0 Å². The molecule has 0 fully saturated rings. The number of fused-ring (bicyclic) bond motifs is 1. The Bertz CT molecular complexity index is 1180. The van der Waals surface area contributed by atoms with E-state index >= 15 is 0 Å². The number of para-hydroxylation sites is 1. The first kappa shape index (κ1) is 19.4. The number of aromatic nitrogens is 2. The first-order valence-corrected chi connectivity index (χ1v) is 10.9. The van der Waals surface area contributed by atoms with Crippen molar-refractivity contribution < 1.29 is 13.2 Å². The van der Waals surface area contributed by atoms with Crippen LogP contribution in [0.4, 0.5) is 0 Å². The van der Waals surface area contributed by atoms with Crippen molar-refractivity contribution in [1.29, 1.82) is 0 Å². The van der Waals surface area contributed by atoms with Crippen molar-refractivity contribution in [2.75, 3.05) is 6.61 Å². The fourth-order valence-corrected chi connectivity index (χ4v) is 4.67. The van der Waals surface area contributed by atoms with Gasteiger partial charge in [-0.05, 0) is 56.7 Å². The second-order valence-electron chi connectivity index (χ2n) is 7.21. The highest BCUT2D eigenvalue weighted by Crippen LogP contribution is 2.28. The van der Waals surface area contributed by atoms with Crippen molar-refractivity contribution in [3.63, 3.8) is 0 Å². The van der Waals surface area contributed by atoms with Crippen molar-refractivity contribution in [2.45, 2.75) is 26.8 Å². The molecule has 150 valence electrons. The van der Waals surface area contributed by atoms with Crippen LogP contribution in [-0.4, -0.2) is 24.8 Å². The first-order chi connectivity index (χ1) is 13.8. The quantitative estimate of drug-likeness (QED) is 0.694. The number of aryl methyl sites for hydroxylation is 2. The second kappa shape index (κ2) is 7.50. The molecule has 0 spiro atoms. The molecular weight excluding hydrogens is 386 g/mol. The predicted molar refractivity (Wildman–Crippen MR) is 113 cm³/mol. The van der Waals surface area contributed by atoms with Gasteiger partial charge in [0.1, 0.15) is 12.4 Å². The molecule has 0 saturated carbocycles. The van der Waals surface area contributed by atoms with Crippen molar-refractivity contribution in [2.24, 2.45) is 0 Å². The van der Waals surface area contributed by atoms with Crippen LogP contribution in [0.5, 0.6) is 5.75 Å². The standard InChI is InChI=1S/C22H23N3O3S/c1-15-12-16(2)25(23-15)20-10-8-18(9-11-20)17(3)24-29(26,27)21-13-19-6-4-5-7-22(19)28-14-21/h4-13,17,24H,14H2,1-3H3. The molecule has 2 aromatic carbocycles. The van der Waals surface area contributed by atoms with Gasteiger partial charge in [-0.3, -0.25) is 0 Å². The maximum atomic E-state index is 12.8. The van der Waals surface area contributed by atoms with Crippen LogP contribution in [-0.2, 0) is 10.0 Å². The third-order valence-electron chi connectivity index (χ3n) is 4.93. The van der Waals surface area contributed by atoms with Gasteiger partial charge in [-0.15, -0.1) is 0 Å². The maximum absolute atomic E-state index is 12.8. The molecule has 1 aromatic heterocycles. The molecule has 0 saturated heterocycles. The van der Waals surface area contributed by atoms with E-state index in [0.717, 1.165) is 28.2 Å². The lowest BCUT2D eigenvalue weighted by atomic mass is 10.1. The monoisotopic (exact) mass is 409 g/mol. The van der Waals surface area contributed by atoms with Crippen molar-refractivity contribution >= 4 is 16.1 Å². The number of hydrogen-bond acceptors (Lipinski definition) is 4. The molecule has 1 aliphatic heterocycles. The average molecular weight is 410 g/mol. The maximum Gasteiger partial charge on any atom is 0.240 e. The van der Waals surface area contributed by atoms with Gasteiger partial charge in [0.05, 0.1) is 16.3 Å². The number of benzene rings is 2. The number of nitrogens with zero attached hydrogens (tertiary/aromatic N) is 2. The molecule has 3 aromatic rings. The second-order valence-corrected chi connectivity index (χ2v) is 8.98. The SMILES string of the molecule is Cc1cc(C)n(-c2ccc(C(C)NS(=O)(=O)C3=Cc4ccccc4OC3)cc2)n1. The zero-order chi connectivity index (χ0) is 20.6. The summed E-state index contributed by atoms with van der Waals surface area (Å²) in [4.78, 5) is 0.224. The van der Waals surface area contributed by atoms with E-state index in [1.165, 1.54) is 0 Å². The molecule has 0 aliphatic carbocycles. The first-order valence-electron chi connectivity index (χ1n) is 9.42. The zero-order valence-electron chi connectivity index (χ0n) is 16.6. The van der Waals surface area contributed by atoms with Crippen molar-refractivity contribution in [3.8, 4) is 11.4 Å². The molecule has 0 radical (unpaired) electrons. The lowest BCUT2D eigenvalue weighted by molar-refractivity contribution is 0.353. The highest BCUT2D eigenvalue weighted by molar-refractivity contribution is 7.93. The Labute approximate surface area is 170 Å². The van der Waals surface area contributed by atoms with E-state index in [4.69, 9.17) is 4.74 Å². The van der Waals surface area contributed by atoms with E-state index in [1.807, 2.05) is 80.1 Å². The predicted octanol–water partition coefficient (Wildman–Crippen LogP) is 3.90. The minimum Gasteiger partial charge on any atom is -0.487 e. The van der Waals surface area contributed by atoms with E-state index in [1.54, 1.807) is 6.08 Å². The highest BCUT2D eigenvalue weighted by Gasteiger charge is 2.25. The van der Waals surface area contributed by atoms with E-state index in [2.05, 4.69) is 9.82 Å². The molecule has 4 rings (SSSR count). The third kappa shape index (κ3) is 3.97. The Morgan fingerprint density at radius 1 is 1.10 bits per heavy atom. The van der Waals surface area contributed by atoms with Crippen LogP contribution in [0.3, 0.4) is 0 Å². The molecule has 0 amide bonds. The summed E-state index contributed by atoms with van der Waals surface area (Å²) in [7, 11) is -3.67. The number of hydrogen-bond donors (Lipinski definition) is 1. The van der Waals surface area contributed by atoms with Crippen LogP contribution in [0, 0.1) is 13.8 Å². The van der Waals surface area contributed by atoms with Gasteiger partial charge in [-0.1, -0.05) is 30.3 Å². The lowest BCUT2D eigenvalue weighted by Gasteiger charge is -2.20. The molecular formula is C22H23N3O3S. The molecule has 1 aliphatic rings. The molecule has 29 heavy (non-hydrogen) atoms.